The molecule has 0 atom stereocenters. The molecule has 4 heteroatoms. The summed E-state index contributed by atoms with van der Waals surface area (Å²) in [7, 11) is 0. The molecule has 88 valence electrons. The summed E-state index contributed by atoms with van der Waals surface area (Å²) >= 11 is 8.77. The lowest BCUT2D eigenvalue weighted by molar-refractivity contribution is 0.831. The Morgan fingerprint density at radius 1 is 1.29 bits per heavy atom. The largest absolute Gasteiger partial charge is 0.342 e. The lowest BCUT2D eigenvalue weighted by Gasteiger charge is -2.08. The Bertz CT molecular complexity index is 563. The maximum absolute atomic E-state index is 5.26. The molecule has 1 aromatic heterocycles. The molecule has 1 aromatic carbocycles. The number of nitrogens with zero attached hydrogens (tertiary/aromatic N) is 1. The third kappa shape index (κ3) is 2.82. The smallest absolute Gasteiger partial charge is 0.144 e. The fourth-order valence-electron chi connectivity index (χ4n) is 1.66. The summed E-state index contributed by atoms with van der Waals surface area (Å²) in [4.78, 5) is 7.71. The van der Waals surface area contributed by atoms with Crippen LogP contribution in [0.5, 0.6) is 0 Å². The molecule has 0 aliphatic rings. The highest BCUT2D eigenvalue weighted by atomic mass is 79.9. The first-order chi connectivity index (χ1) is 8.22. The van der Waals surface area contributed by atoms with Gasteiger partial charge in [0, 0.05) is 6.42 Å². The molecule has 0 spiro atoms. The summed E-state index contributed by atoms with van der Waals surface area (Å²) < 4.78 is 1.48. The van der Waals surface area contributed by atoms with Crippen LogP contribution in [0.3, 0.4) is 0 Å². The van der Waals surface area contributed by atoms with Gasteiger partial charge in [-0.25, -0.2) is 4.98 Å². The number of aromatic amines is 1. The monoisotopic (exact) mass is 308 g/mol. The van der Waals surface area contributed by atoms with Gasteiger partial charge in [-0.3, -0.25) is 0 Å². The van der Waals surface area contributed by atoms with Crippen LogP contribution in [0, 0.1) is 4.64 Å². The van der Waals surface area contributed by atoms with Crippen molar-refractivity contribution in [2.75, 3.05) is 0 Å². The van der Waals surface area contributed by atoms with Gasteiger partial charge in [-0.2, -0.15) is 0 Å². The van der Waals surface area contributed by atoms with Crippen molar-refractivity contribution < 1.29 is 0 Å². The number of H-pyrrole nitrogens is 1. The molecule has 2 nitrogen and oxygen atoms in total. The van der Waals surface area contributed by atoms with E-state index in [2.05, 4.69) is 45.0 Å². The molecule has 0 aliphatic heterocycles. The number of rotatable bonds is 3. The summed E-state index contributed by atoms with van der Waals surface area (Å²) in [5.41, 5.74) is 2.12. The molecule has 0 fully saturated rings. The van der Waals surface area contributed by atoms with Crippen LogP contribution in [0.1, 0.15) is 19.2 Å². The van der Waals surface area contributed by atoms with E-state index in [0.29, 0.717) is 4.64 Å². The van der Waals surface area contributed by atoms with E-state index < -0.39 is 0 Å². The zero-order chi connectivity index (χ0) is 12.3. The first-order valence-electron chi connectivity index (χ1n) is 5.56. The van der Waals surface area contributed by atoms with E-state index in [9.17, 15) is 0 Å². The standard InChI is InChI=1S/C13H13BrN2S/c1-2-6-10-15-12(11(14)13(17)16-10)9-7-4-3-5-8-9/h3-5,7-8H,2,6H2,1H3,(H,15,16,17). The summed E-state index contributed by atoms with van der Waals surface area (Å²) in [6, 6.07) is 10.1. The minimum atomic E-state index is 0.617. The van der Waals surface area contributed by atoms with Crippen molar-refractivity contribution in [3.05, 3.63) is 45.3 Å². The van der Waals surface area contributed by atoms with Gasteiger partial charge in [0.2, 0.25) is 0 Å². The van der Waals surface area contributed by atoms with Gasteiger partial charge in [-0.15, -0.1) is 0 Å². The average molecular weight is 309 g/mol. The maximum Gasteiger partial charge on any atom is 0.144 e. The third-order valence-electron chi connectivity index (χ3n) is 2.46. The molecule has 2 rings (SSSR count). The highest BCUT2D eigenvalue weighted by molar-refractivity contribution is 9.10. The van der Waals surface area contributed by atoms with Gasteiger partial charge >= 0.3 is 0 Å². The molecule has 1 N–H and O–H groups in total. The van der Waals surface area contributed by atoms with Crippen molar-refractivity contribution in [3.8, 4) is 11.3 Å². The molecule has 17 heavy (non-hydrogen) atoms. The second kappa shape index (κ2) is 5.56. The Morgan fingerprint density at radius 2 is 2.00 bits per heavy atom. The Labute approximate surface area is 114 Å². The maximum atomic E-state index is 5.26. The molecule has 0 unspecified atom stereocenters. The van der Waals surface area contributed by atoms with Crippen LogP contribution in [0.25, 0.3) is 11.3 Å². The summed E-state index contributed by atoms with van der Waals surface area (Å²) in [5, 5.41) is 0. The lowest BCUT2D eigenvalue weighted by Crippen LogP contribution is -1.98. The fraction of sp³-hybridized carbons (Fsp3) is 0.231. The molecular formula is C13H13BrN2S. The van der Waals surface area contributed by atoms with Gasteiger partial charge in [0.25, 0.3) is 0 Å². The Hall–Kier alpha value is -1.00. The topological polar surface area (TPSA) is 28.7 Å². The zero-order valence-corrected chi connectivity index (χ0v) is 11.9. The first-order valence-corrected chi connectivity index (χ1v) is 6.76. The molecule has 0 aliphatic carbocycles. The van der Waals surface area contributed by atoms with Crippen LogP contribution in [0.15, 0.2) is 34.8 Å². The second-order valence-corrected chi connectivity index (χ2v) is 4.97. The number of aromatic nitrogens is 2. The average Bonchev–Trinajstić information content (AvgIpc) is 2.35. The van der Waals surface area contributed by atoms with Crippen molar-refractivity contribution in [1.29, 1.82) is 0 Å². The van der Waals surface area contributed by atoms with E-state index in [0.717, 1.165) is 34.4 Å². The van der Waals surface area contributed by atoms with Gasteiger partial charge in [-0.1, -0.05) is 49.5 Å². The number of benzene rings is 1. The minimum Gasteiger partial charge on any atom is -0.342 e. The van der Waals surface area contributed by atoms with Crippen LogP contribution in [0.2, 0.25) is 0 Å². The number of aryl methyl sites for hydroxylation is 1. The van der Waals surface area contributed by atoms with Gasteiger partial charge in [0.1, 0.15) is 10.5 Å². The van der Waals surface area contributed by atoms with Gasteiger partial charge in [0.15, 0.2) is 0 Å². The highest BCUT2D eigenvalue weighted by Gasteiger charge is 2.07. The molecule has 0 saturated carbocycles. The van der Waals surface area contributed by atoms with E-state index in [1.165, 1.54) is 0 Å². The third-order valence-corrected chi connectivity index (χ3v) is 3.79. The van der Waals surface area contributed by atoms with E-state index in [1.54, 1.807) is 0 Å². The van der Waals surface area contributed by atoms with E-state index in [4.69, 9.17) is 12.2 Å². The van der Waals surface area contributed by atoms with Crippen molar-refractivity contribution in [2.45, 2.75) is 19.8 Å². The number of halogens is 1. The van der Waals surface area contributed by atoms with Crippen LogP contribution >= 0.6 is 28.1 Å². The van der Waals surface area contributed by atoms with Crippen LogP contribution < -0.4 is 0 Å². The normalized spacial score (nSPS) is 10.5. The van der Waals surface area contributed by atoms with E-state index >= 15 is 0 Å². The van der Waals surface area contributed by atoms with Gasteiger partial charge in [0.05, 0.1) is 10.2 Å². The minimum absolute atomic E-state index is 0.617. The quantitative estimate of drug-likeness (QED) is 0.844. The molecule has 1 heterocycles. The summed E-state index contributed by atoms with van der Waals surface area (Å²) in [6.45, 7) is 2.13. The van der Waals surface area contributed by atoms with Crippen molar-refractivity contribution in [3.63, 3.8) is 0 Å². The molecular weight excluding hydrogens is 296 g/mol. The molecule has 0 saturated heterocycles. The predicted octanol–water partition coefficient (Wildman–Crippen LogP) is 4.52. The lowest BCUT2D eigenvalue weighted by atomic mass is 10.1. The second-order valence-electron chi connectivity index (χ2n) is 3.79. The SMILES string of the molecule is CCCc1nc(=S)c(Br)c(-c2ccccc2)[nH]1. The van der Waals surface area contributed by atoms with Crippen molar-refractivity contribution >= 4 is 28.1 Å². The van der Waals surface area contributed by atoms with Gasteiger partial charge in [-0.05, 0) is 27.9 Å². The summed E-state index contributed by atoms with van der Waals surface area (Å²) in [6.07, 6.45) is 1.96. The van der Waals surface area contributed by atoms with Crippen molar-refractivity contribution in [1.82, 2.24) is 9.97 Å². The number of hydrogen-bond donors (Lipinski definition) is 1. The highest BCUT2D eigenvalue weighted by Crippen LogP contribution is 2.26. The fourth-order valence-corrected chi connectivity index (χ4v) is 2.29. The van der Waals surface area contributed by atoms with Gasteiger partial charge < -0.3 is 4.98 Å². The van der Waals surface area contributed by atoms with Crippen LogP contribution in [0.4, 0.5) is 0 Å². The Kier molecular flexibility index (Phi) is 4.07. The number of hydrogen-bond acceptors (Lipinski definition) is 2. The van der Waals surface area contributed by atoms with E-state index in [-0.39, 0.29) is 0 Å². The Morgan fingerprint density at radius 3 is 2.65 bits per heavy atom. The molecule has 0 radical (unpaired) electrons. The Balaban J connectivity index is 2.57. The predicted molar refractivity (Wildman–Crippen MR) is 76.6 cm³/mol. The molecule has 0 bridgehead atoms. The van der Waals surface area contributed by atoms with Crippen LogP contribution in [-0.4, -0.2) is 9.97 Å². The molecule has 0 amide bonds. The number of nitrogens with one attached hydrogen (secondary N) is 1. The summed E-state index contributed by atoms with van der Waals surface area (Å²) in [5.74, 6) is 0.944. The van der Waals surface area contributed by atoms with Crippen molar-refractivity contribution in [2.24, 2.45) is 0 Å². The van der Waals surface area contributed by atoms with E-state index in [1.807, 2.05) is 18.2 Å². The first kappa shape index (κ1) is 12.5. The molecule has 2 aromatic rings. The zero-order valence-electron chi connectivity index (χ0n) is 9.53. The van der Waals surface area contributed by atoms with Crippen LogP contribution in [-0.2, 0) is 6.42 Å².